The third-order valence-corrected chi connectivity index (χ3v) is 9.75. The topological polar surface area (TPSA) is 92.2 Å². The molecule has 0 radical (unpaired) electrons. The molecule has 0 aliphatic carbocycles. The van der Waals surface area contributed by atoms with Gasteiger partial charge in [-0.2, -0.15) is 4.31 Å². The molecule has 1 saturated heterocycles. The van der Waals surface area contributed by atoms with Crippen LogP contribution in [0.3, 0.4) is 0 Å². The van der Waals surface area contributed by atoms with Crippen LogP contribution in [-0.4, -0.2) is 80.4 Å². The van der Waals surface area contributed by atoms with Gasteiger partial charge in [-0.25, -0.2) is 8.42 Å². The highest BCUT2D eigenvalue weighted by Crippen LogP contribution is 2.40. The van der Waals surface area contributed by atoms with Gasteiger partial charge in [0.05, 0.1) is 23.8 Å². The number of nitrogens with zero attached hydrogens (tertiary/aromatic N) is 4. The number of aromatic nitrogens is 1. The number of anilines is 1. The number of carbonyl (C=O) groups is 2. The molecule has 1 aromatic heterocycles. The third kappa shape index (κ3) is 5.04. The van der Waals surface area contributed by atoms with Crippen molar-refractivity contribution in [2.24, 2.45) is 0 Å². The number of halogens is 1. The highest BCUT2D eigenvalue weighted by molar-refractivity contribution is 9.10. The molecule has 0 bridgehead atoms. The lowest BCUT2D eigenvalue weighted by Crippen LogP contribution is -2.40. The lowest BCUT2D eigenvalue weighted by Gasteiger charge is -2.26. The summed E-state index contributed by atoms with van der Waals surface area (Å²) in [6.07, 6.45) is 3.67. The van der Waals surface area contributed by atoms with Crippen molar-refractivity contribution < 1.29 is 22.7 Å². The van der Waals surface area contributed by atoms with Crippen LogP contribution in [0.1, 0.15) is 25.0 Å². The fourth-order valence-electron chi connectivity index (χ4n) is 5.18. The van der Waals surface area contributed by atoms with Crippen LogP contribution in [0.25, 0.3) is 22.6 Å². The summed E-state index contributed by atoms with van der Waals surface area (Å²) in [6.45, 7) is 6.64. The first-order valence-electron chi connectivity index (χ1n) is 12.9. The van der Waals surface area contributed by atoms with E-state index in [4.69, 9.17) is 4.74 Å². The van der Waals surface area contributed by atoms with Crippen molar-refractivity contribution in [2.45, 2.75) is 25.3 Å². The Morgan fingerprint density at radius 2 is 1.82 bits per heavy atom. The van der Waals surface area contributed by atoms with Gasteiger partial charge in [0.1, 0.15) is 6.54 Å². The van der Waals surface area contributed by atoms with E-state index in [1.54, 1.807) is 36.2 Å². The molecule has 5 rings (SSSR count). The molecule has 11 heteroatoms. The number of morpholine rings is 1. The van der Waals surface area contributed by atoms with Gasteiger partial charge in [-0.05, 0) is 56.3 Å². The van der Waals surface area contributed by atoms with Crippen LogP contribution >= 0.6 is 15.9 Å². The van der Waals surface area contributed by atoms with E-state index in [1.807, 2.05) is 42.8 Å². The van der Waals surface area contributed by atoms with Gasteiger partial charge in [-0.15, -0.1) is 0 Å². The van der Waals surface area contributed by atoms with Crippen LogP contribution < -0.4 is 4.90 Å². The second-order valence-electron chi connectivity index (χ2n) is 9.56. The molecule has 1 fully saturated rings. The van der Waals surface area contributed by atoms with Crippen LogP contribution in [0.15, 0.2) is 52.0 Å². The first-order chi connectivity index (χ1) is 18.6. The Morgan fingerprint density at radius 3 is 2.51 bits per heavy atom. The molecule has 9 nitrogen and oxygen atoms in total. The summed E-state index contributed by atoms with van der Waals surface area (Å²) >= 11 is 3.54. The van der Waals surface area contributed by atoms with E-state index in [0.717, 1.165) is 20.9 Å². The van der Waals surface area contributed by atoms with E-state index in [0.29, 0.717) is 56.2 Å². The van der Waals surface area contributed by atoms with Gasteiger partial charge in [-0.3, -0.25) is 9.59 Å². The molecule has 3 heterocycles. The normalized spacial score (nSPS) is 17.3. The molecular formula is C28H31BrN4O5S. The van der Waals surface area contributed by atoms with Gasteiger partial charge >= 0.3 is 0 Å². The maximum atomic E-state index is 13.4. The summed E-state index contributed by atoms with van der Waals surface area (Å²) in [5.41, 5.74) is 3.25. The van der Waals surface area contributed by atoms with Crippen LogP contribution in [-0.2, 0) is 30.9 Å². The molecule has 2 aliphatic heterocycles. The summed E-state index contributed by atoms with van der Waals surface area (Å²) in [5, 5.41) is 0.880. The maximum Gasteiger partial charge on any atom is 0.258 e. The van der Waals surface area contributed by atoms with Gasteiger partial charge in [-0.1, -0.05) is 15.9 Å². The van der Waals surface area contributed by atoms with Crippen molar-refractivity contribution >= 4 is 66.0 Å². The number of benzene rings is 2. The number of carbonyl (C=O) groups excluding carboxylic acids is 2. The molecular weight excluding hydrogens is 584 g/mol. The Hall–Kier alpha value is -2.99. The first kappa shape index (κ1) is 27.6. The standard InChI is InChI=1S/C28H31BrN4O5S/c1-4-31(5-2)27(34)18-32-17-19(22-15-20(29)6-8-26(22)32)14-24-23-16-21(7-9-25(23)30(3)28(24)35)39(36,37)33-10-12-38-13-11-33/h6-9,14-17H,4-5,10-13,18H2,1-3H3. The Balaban J connectivity index is 1.60. The highest BCUT2D eigenvalue weighted by atomic mass is 79.9. The van der Waals surface area contributed by atoms with Gasteiger partial charge in [0.25, 0.3) is 5.91 Å². The fraction of sp³-hybridized carbons (Fsp3) is 0.357. The van der Waals surface area contributed by atoms with E-state index in [2.05, 4.69) is 15.9 Å². The number of sulfonamides is 1. The molecule has 2 aliphatic rings. The minimum Gasteiger partial charge on any atom is -0.379 e. The van der Waals surface area contributed by atoms with Crippen molar-refractivity contribution in [3.8, 4) is 0 Å². The van der Waals surface area contributed by atoms with Crippen LogP contribution in [0.4, 0.5) is 5.69 Å². The number of ether oxygens (including phenoxy) is 1. The number of hydrogen-bond acceptors (Lipinski definition) is 5. The maximum absolute atomic E-state index is 13.4. The van der Waals surface area contributed by atoms with E-state index in [-0.39, 0.29) is 23.3 Å². The van der Waals surface area contributed by atoms with E-state index < -0.39 is 10.0 Å². The summed E-state index contributed by atoms with van der Waals surface area (Å²) in [6, 6.07) is 10.7. The van der Waals surface area contributed by atoms with Crippen molar-refractivity contribution in [3.63, 3.8) is 0 Å². The van der Waals surface area contributed by atoms with Crippen LogP contribution in [0, 0.1) is 0 Å². The zero-order valence-corrected chi connectivity index (χ0v) is 24.6. The van der Waals surface area contributed by atoms with E-state index in [9.17, 15) is 18.0 Å². The molecule has 0 spiro atoms. The second-order valence-corrected chi connectivity index (χ2v) is 12.4. The van der Waals surface area contributed by atoms with Crippen molar-refractivity contribution in [3.05, 3.63) is 58.2 Å². The lowest BCUT2D eigenvalue weighted by molar-refractivity contribution is -0.131. The number of likely N-dealkylation sites (N-methyl/N-ethyl adjacent to an activating group) is 2. The molecule has 39 heavy (non-hydrogen) atoms. The largest absolute Gasteiger partial charge is 0.379 e. The van der Waals surface area contributed by atoms with Gasteiger partial charge in [0, 0.05) is 71.5 Å². The molecule has 0 saturated carbocycles. The zero-order chi connectivity index (χ0) is 27.9. The predicted molar refractivity (Wildman–Crippen MR) is 155 cm³/mol. The number of amides is 2. The number of rotatable bonds is 7. The molecule has 2 amide bonds. The minimum atomic E-state index is -3.73. The summed E-state index contributed by atoms with van der Waals surface area (Å²) in [5.74, 6) is -0.208. The van der Waals surface area contributed by atoms with Gasteiger partial charge in [0.2, 0.25) is 15.9 Å². The third-order valence-electron chi connectivity index (χ3n) is 7.36. The lowest BCUT2D eigenvalue weighted by atomic mass is 10.0. The zero-order valence-electron chi connectivity index (χ0n) is 22.2. The molecule has 0 unspecified atom stereocenters. The fourth-order valence-corrected chi connectivity index (χ4v) is 6.98. The van der Waals surface area contributed by atoms with E-state index in [1.165, 1.54) is 9.21 Å². The minimum absolute atomic E-state index is 0.0130. The van der Waals surface area contributed by atoms with Crippen LogP contribution in [0.2, 0.25) is 0 Å². The Labute approximate surface area is 236 Å². The monoisotopic (exact) mass is 614 g/mol. The number of fused-ring (bicyclic) bond motifs is 2. The molecule has 3 aromatic rings. The second kappa shape index (κ2) is 10.9. The molecule has 0 N–H and O–H groups in total. The van der Waals surface area contributed by atoms with Gasteiger partial charge in [0.15, 0.2) is 0 Å². The SMILES string of the molecule is CCN(CC)C(=O)Cn1cc(C=C2C(=O)N(C)c3ccc(S(=O)(=O)N4CCOCC4)cc32)c2cc(Br)ccc21. The quantitative estimate of drug-likeness (QED) is 0.377. The van der Waals surface area contributed by atoms with Crippen molar-refractivity contribution in [2.75, 3.05) is 51.3 Å². The first-order valence-corrected chi connectivity index (χ1v) is 15.2. The molecule has 206 valence electrons. The van der Waals surface area contributed by atoms with Crippen molar-refractivity contribution in [1.29, 1.82) is 0 Å². The highest BCUT2D eigenvalue weighted by Gasteiger charge is 2.33. The smallest absolute Gasteiger partial charge is 0.258 e. The van der Waals surface area contributed by atoms with E-state index >= 15 is 0 Å². The summed E-state index contributed by atoms with van der Waals surface area (Å²) in [7, 11) is -2.05. The summed E-state index contributed by atoms with van der Waals surface area (Å²) < 4.78 is 36.2. The average molecular weight is 616 g/mol. The average Bonchev–Trinajstić information content (AvgIpc) is 3.38. The molecule has 0 atom stereocenters. The Kier molecular flexibility index (Phi) is 7.69. The Bertz CT molecular complexity index is 1590. The summed E-state index contributed by atoms with van der Waals surface area (Å²) in [4.78, 5) is 29.8. The Morgan fingerprint density at radius 1 is 1.10 bits per heavy atom. The van der Waals surface area contributed by atoms with Crippen LogP contribution in [0.5, 0.6) is 0 Å². The van der Waals surface area contributed by atoms with Gasteiger partial charge < -0.3 is 19.1 Å². The molecule has 2 aromatic carbocycles. The number of hydrogen-bond donors (Lipinski definition) is 0. The van der Waals surface area contributed by atoms with Crippen molar-refractivity contribution in [1.82, 2.24) is 13.8 Å². The predicted octanol–water partition coefficient (Wildman–Crippen LogP) is 3.81.